The highest BCUT2D eigenvalue weighted by atomic mass is 35.5. The van der Waals surface area contributed by atoms with E-state index in [0.717, 1.165) is 22.3 Å². The molecule has 0 spiro atoms. The number of benzene rings is 4. The molecule has 2 aliphatic carbocycles. The van der Waals surface area contributed by atoms with Crippen LogP contribution < -0.4 is 0 Å². The maximum Gasteiger partial charge on any atom is 0.193 e. The normalized spacial score (nSPS) is 18.4. The zero-order valence-corrected chi connectivity index (χ0v) is 18.3. The molecule has 4 heteroatoms. The minimum absolute atomic E-state index is 0.00462. The maximum absolute atomic E-state index is 13.3. The summed E-state index contributed by atoms with van der Waals surface area (Å²) in [6.45, 7) is 0. The molecule has 0 bridgehead atoms. The second kappa shape index (κ2) is 7.16. The summed E-state index contributed by atoms with van der Waals surface area (Å²) in [6, 6.07) is 26.3. The lowest BCUT2D eigenvalue weighted by Gasteiger charge is -2.38. The number of hydrogen-bond donors (Lipinski definition) is 0. The average Bonchev–Trinajstić information content (AvgIpc) is 2.81. The lowest BCUT2D eigenvalue weighted by Crippen LogP contribution is -2.29. The second-order valence-corrected chi connectivity index (χ2v) is 9.12. The first kappa shape index (κ1) is 19.5. The minimum atomic E-state index is -0.191. The van der Waals surface area contributed by atoms with E-state index < -0.39 is 0 Å². The molecular weight excluding hydrogens is 439 g/mol. The van der Waals surface area contributed by atoms with Gasteiger partial charge in [-0.25, -0.2) is 0 Å². The highest BCUT2D eigenvalue weighted by molar-refractivity contribution is 6.31. The van der Waals surface area contributed by atoms with Crippen LogP contribution in [0.4, 0.5) is 0 Å². The van der Waals surface area contributed by atoms with Gasteiger partial charge >= 0.3 is 0 Å². The summed E-state index contributed by atoms with van der Waals surface area (Å²) < 4.78 is 0. The van der Waals surface area contributed by atoms with Gasteiger partial charge in [-0.15, -0.1) is 0 Å². The van der Waals surface area contributed by atoms with Gasteiger partial charge in [0.05, 0.1) is 0 Å². The topological polar surface area (TPSA) is 34.1 Å². The van der Waals surface area contributed by atoms with Gasteiger partial charge < -0.3 is 0 Å². The fraction of sp³-hybridized carbons (Fsp3) is 0.0714. The molecule has 32 heavy (non-hydrogen) atoms. The first-order chi connectivity index (χ1) is 15.5. The average molecular weight is 455 g/mol. The Bertz CT molecular complexity index is 1340. The summed E-state index contributed by atoms with van der Waals surface area (Å²) in [4.78, 5) is 26.7. The lowest BCUT2D eigenvalue weighted by atomic mass is 9.64. The molecule has 0 heterocycles. The lowest BCUT2D eigenvalue weighted by molar-refractivity contribution is 0.102. The molecule has 2 atom stereocenters. The van der Waals surface area contributed by atoms with Crippen molar-refractivity contribution in [1.82, 2.24) is 0 Å². The maximum atomic E-state index is 13.3. The number of rotatable bonds is 1. The van der Waals surface area contributed by atoms with E-state index in [1.165, 1.54) is 0 Å². The van der Waals surface area contributed by atoms with E-state index >= 15 is 0 Å². The molecule has 0 saturated heterocycles. The van der Waals surface area contributed by atoms with E-state index in [9.17, 15) is 9.59 Å². The summed E-state index contributed by atoms with van der Waals surface area (Å²) in [5, 5.41) is 1.15. The van der Waals surface area contributed by atoms with E-state index in [1.807, 2.05) is 72.8 Å². The molecule has 2 aliphatic rings. The van der Waals surface area contributed by atoms with Crippen molar-refractivity contribution in [1.29, 1.82) is 0 Å². The van der Waals surface area contributed by atoms with Gasteiger partial charge in [-0.1, -0.05) is 71.7 Å². The number of carbonyl (C=O) groups is 2. The van der Waals surface area contributed by atoms with Crippen LogP contribution in [-0.2, 0) is 0 Å². The number of fused-ring (bicyclic) bond motifs is 4. The molecule has 0 aromatic heterocycles. The molecule has 4 aromatic rings. The molecule has 0 aliphatic heterocycles. The number of hydrogen-bond acceptors (Lipinski definition) is 2. The quantitative estimate of drug-likeness (QED) is 0.308. The Hall–Kier alpha value is -3.20. The summed E-state index contributed by atoms with van der Waals surface area (Å²) in [6.07, 6.45) is 0. The number of halogens is 2. The Morgan fingerprint density at radius 1 is 0.469 bits per heavy atom. The third-order valence-corrected chi connectivity index (χ3v) is 7.07. The molecule has 0 fully saturated rings. The molecule has 0 amide bonds. The highest BCUT2D eigenvalue weighted by Gasteiger charge is 2.41. The fourth-order valence-electron chi connectivity index (χ4n) is 5.29. The summed E-state index contributed by atoms with van der Waals surface area (Å²) in [7, 11) is 0. The van der Waals surface area contributed by atoms with Crippen molar-refractivity contribution in [2.45, 2.75) is 11.8 Å². The third-order valence-electron chi connectivity index (χ3n) is 6.60. The predicted octanol–water partition coefficient (Wildman–Crippen LogP) is 7.05. The number of carbonyl (C=O) groups excluding carboxylic acids is 2. The first-order valence-electron chi connectivity index (χ1n) is 10.4. The Labute approximate surface area is 195 Å². The van der Waals surface area contributed by atoms with Crippen LogP contribution in [0.1, 0.15) is 65.9 Å². The monoisotopic (exact) mass is 454 g/mol. The molecule has 0 radical (unpaired) electrons. The largest absolute Gasteiger partial charge is 0.289 e. The fourth-order valence-corrected chi connectivity index (χ4v) is 5.65. The van der Waals surface area contributed by atoms with Gasteiger partial charge in [0.25, 0.3) is 0 Å². The van der Waals surface area contributed by atoms with Crippen molar-refractivity contribution in [2.75, 3.05) is 0 Å². The van der Waals surface area contributed by atoms with Crippen LogP contribution in [0.2, 0.25) is 10.0 Å². The van der Waals surface area contributed by atoms with Crippen LogP contribution in [0.3, 0.4) is 0 Å². The van der Waals surface area contributed by atoms with Crippen LogP contribution in [0.5, 0.6) is 0 Å². The highest BCUT2D eigenvalue weighted by Crippen LogP contribution is 2.52. The Morgan fingerprint density at radius 2 is 0.844 bits per heavy atom. The van der Waals surface area contributed by atoms with Gasteiger partial charge in [0.15, 0.2) is 11.6 Å². The van der Waals surface area contributed by atoms with E-state index in [4.69, 9.17) is 23.2 Å². The van der Waals surface area contributed by atoms with Crippen LogP contribution in [0.25, 0.3) is 0 Å². The Kier molecular flexibility index (Phi) is 4.36. The molecule has 0 N–H and O–H groups in total. The molecule has 6 rings (SSSR count). The standard InChI is InChI=1S/C28H16Cl2O2/c29-15-9-11-21-23(13-15)25(17-5-1-3-7-19(17)27(21)31)26-18-6-2-4-8-20(18)28(32)22-12-10-16(30)14-24(22)26/h1-14,25-26H. The smallest absolute Gasteiger partial charge is 0.193 e. The summed E-state index contributed by atoms with van der Waals surface area (Å²) >= 11 is 12.8. The minimum Gasteiger partial charge on any atom is -0.289 e. The zero-order chi connectivity index (χ0) is 22.0. The van der Waals surface area contributed by atoms with E-state index in [1.54, 1.807) is 12.1 Å². The van der Waals surface area contributed by atoms with Crippen LogP contribution >= 0.6 is 23.2 Å². The van der Waals surface area contributed by atoms with Gasteiger partial charge in [-0.2, -0.15) is 0 Å². The van der Waals surface area contributed by atoms with Gasteiger partial charge in [-0.05, 0) is 58.7 Å². The van der Waals surface area contributed by atoms with Crippen molar-refractivity contribution < 1.29 is 9.59 Å². The predicted molar refractivity (Wildman–Crippen MR) is 126 cm³/mol. The van der Waals surface area contributed by atoms with Crippen molar-refractivity contribution in [2.24, 2.45) is 0 Å². The van der Waals surface area contributed by atoms with E-state index in [0.29, 0.717) is 32.3 Å². The second-order valence-electron chi connectivity index (χ2n) is 8.25. The van der Waals surface area contributed by atoms with E-state index in [-0.39, 0.29) is 23.4 Å². The van der Waals surface area contributed by atoms with Crippen molar-refractivity contribution in [3.05, 3.63) is 139 Å². The van der Waals surface area contributed by atoms with Gasteiger partial charge in [0.2, 0.25) is 0 Å². The Balaban J connectivity index is 1.72. The zero-order valence-electron chi connectivity index (χ0n) is 16.8. The van der Waals surface area contributed by atoms with Gasteiger partial charge in [0, 0.05) is 44.1 Å². The molecule has 0 saturated carbocycles. The van der Waals surface area contributed by atoms with Crippen molar-refractivity contribution in [3.63, 3.8) is 0 Å². The van der Waals surface area contributed by atoms with Crippen molar-refractivity contribution in [3.8, 4) is 0 Å². The van der Waals surface area contributed by atoms with E-state index in [2.05, 4.69) is 0 Å². The van der Waals surface area contributed by atoms with Crippen molar-refractivity contribution >= 4 is 34.8 Å². The van der Waals surface area contributed by atoms with Crippen LogP contribution in [0, 0.1) is 0 Å². The first-order valence-corrected chi connectivity index (χ1v) is 11.2. The summed E-state index contributed by atoms with van der Waals surface area (Å²) in [5.74, 6) is -0.391. The molecule has 2 nitrogen and oxygen atoms in total. The molecular formula is C28H16Cl2O2. The summed E-state index contributed by atoms with van der Waals surface area (Å²) in [5.41, 5.74) is 6.30. The van der Waals surface area contributed by atoms with Crippen LogP contribution in [-0.4, -0.2) is 11.6 Å². The Morgan fingerprint density at radius 3 is 1.28 bits per heavy atom. The SMILES string of the molecule is O=C1c2ccccc2C(C2c3ccccc3C(=O)c3ccc(Cl)cc32)c2cc(Cl)ccc21. The molecule has 2 unspecified atom stereocenters. The third kappa shape index (κ3) is 2.73. The van der Waals surface area contributed by atoms with Crippen LogP contribution in [0.15, 0.2) is 84.9 Å². The molecule has 4 aromatic carbocycles. The van der Waals surface area contributed by atoms with Gasteiger partial charge in [0.1, 0.15) is 0 Å². The molecule has 154 valence electrons. The van der Waals surface area contributed by atoms with Gasteiger partial charge in [-0.3, -0.25) is 9.59 Å². The number of ketones is 2.